The Morgan fingerprint density at radius 1 is 0.903 bits per heavy atom. The maximum absolute atomic E-state index is 12.7. The molecule has 1 aromatic carbocycles. The molecule has 8 heteroatoms. The minimum absolute atomic E-state index is 0.0123. The summed E-state index contributed by atoms with van der Waals surface area (Å²) < 4.78 is 0. The van der Waals surface area contributed by atoms with Crippen molar-refractivity contribution in [2.24, 2.45) is 17.6 Å². The fourth-order valence-electron chi connectivity index (χ4n) is 4.32. The summed E-state index contributed by atoms with van der Waals surface area (Å²) in [6.45, 7) is 2.83. The van der Waals surface area contributed by atoms with Crippen LogP contribution in [0, 0.1) is 11.8 Å². The van der Waals surface area contributed by atoms with E-state index in [4.69, 9.17) is 5.73 Å². The molecule has 0 saturated carbocycles. The number of likely N-dealkylation sites (tertiary alicyclic amines) is 1. The number of nitrogens with one attached hydrogen (secondary N) is 1. The second-order valence-electron chi connectivity index (χ2n) is 8.24. The Labute approximate surface area is 186 Å². The van der Waals surface area contributed by atoms with Crippen molar-refractivity contribution in [1.29, 1.82) is 0 Å². The molecule has 2 aliphatic rings. The summed E-state index contributed by atoms with van der Waals surface area (Å²) in [5.41, 5.74) is 7.27. The predicted molar refractivity (Wildman–Crippen MR) is 122 cm³/mol. The van der Waals surface area contributed by atoms with Gasteiger partial charge in [0.1, 0.15) is 0 Å². The summed E-state index contributed by atoms with van der Waals surface area (Å²) in [5.74, 6) is -0.247. The zero-order valence-electron chi connectivity index (χ0n) is 17.5. The molecule has 3 heterocycles. The summed E-state index contributed by atoms with van der Waals surface area (Å²) in [6.07, 6.45) is 2.91. The van der Waals surface area contributed by atoms with Crippen LogP contribution in [0.5, 0.6) is 0 Å². The molecular weight excluding hydrogens is 412 g/mol. The predicted octanol–water partition coefficient (Wildman–Crippen LogP) is 2.94. The van der Waals surface area contributed by atoms with Crippen LogP contribution in [0.4, 0.5) is 11.4 Å². The smallest absolute Gasteiger partial charge is 0.263 e. The Hall–Kier alpha value is -2.87. The number of nitrogens with two attached hydrogens (primary N) is 1. The molecule has 31 heavy (non-hydrogen) atoms. The first-order valence-electron chi connectivity index (χ1n) is 10.8. The van der Waals surface area contributed by atoms with Crippen LogP contribution in [0.3, 0.4) is 0 Å². The topological polar surface area (TPSA) is 95.7 Å². The standard InChI is InChI=1S/C23H28N4O3S/c24-21(28)16-7-11-26(12-8-16)19-5-3-18(4-6-19)25-22(29)17-9-13-27(14-10-17)23(30)20-2-1-15-31-20/h1-6,15-17H,7-14H2,(H2,24,28)(H,25,29). The number of anilines is 2. The van der Waals surface area contributed by atoms with Crippen molar-refractivity contribution < 1.29 is 14.4 Å². The Kier molecular flexibility index (Phi) is 6.56. The van der Waals surface area contributed by atoms with Gasteiger partial charge in [-0.15, -0.1) is 11.3 Å². The number of hydrogen-bond donors (Lipinski definition) is 2. The molecule has 2 aliphatic heterocycles. The maximum atomic E-state index is 12.7. The number of nitrogens with zero attached hydrogens (tertiary/aromatic N) is 2. The Balaban J connectivity index is 1.26. The summed E-state index contributed by atoms with van der Waals surface area (Å²) in [4.78, 5) is 41.3. The first-order valence-corrected chi connectivity index (χ1v) is 11.7. The monoisotopic (exact) mass is 440 g/mol. The molecule has 1 aromatic heterocycles. The van der Waals surface area contributed by atoms with E-state index in [1.807, 2.05) is 46.7 Å². The third kappa shape index (κ3) is 5.07. The van der Waals surface area contributed by atoms with Gasteiger partial charge in [-0.1, -0.05) is 6.07 Å². The van der Waals surface area contributed by atoms with Gasteiger partial charge in [0.25, 0.3) is 5.91 Å². The molecule has 2 saturated heterocycles. The van der Waals surface area contributed by atoms with Gasteiger partial charge >= 0.3 is 0 Å². The van der Waals surface area contributed by atoms with Crippen LogP contribution < -0.4 is 16.0 Å². The van der Waals surface area contributed by atoms with Crippen LogP contribution >= 0.6 is 11.3 Å². The number of amides is 3. The molecule has 0 spiro atoms. The first-order chi connectivity index (χ1) is 15.0. The maximum Gasteiger partial charge on any atom is 0.263 e. The van der Waals surface area contributed by atoms with E-state index in [9.17, 15) is 14.4 Å². The number of piperidine rings is 2. The summed E-state index contributed by atoms with van der Waals surface area (Å²) in [7, 11) is 0. The van der Waals surface area contributed by atoms with E-state index in [1.165, 1.54) is 11.3 Å². The number of primary amides is 1. The lowest BCUT2D eigenvalue weighted by Gasteiger charge is -2.32. The van der Waals surface area contributed by atoms with Crippen LogP contribution in [-0.2, 0) is 9.59 Å². The quantitative estimate of drug-likeness (QED) is 0.747. The fraction of sp³-hybridized carbons (Fsp3) is 0.435. The van der Waals surface area contributed by atoms with E-state index >= 15 is 0 Å². The van der Waals surface area contributed by atoms with E-state index < -0.39 is 0 Å². The molecule has 0 radical (unpaired) electrons. The van der Waals surface area contributed by atoms with Crippen molar-refractivity contribution >= 4 is 40.4 Å². The lowest BCUT2D eigenvalue weighted by molar-refractivity contribution is -0.122. The van der Waals surface area contributed by atoms with E-state index in [-0.39, 0.29) is 29.6 Å². The van der Waals surface area contributed by atoms with Gasteiger partial charge in [-0.2, -0.15) is 0 Å². The van der Waals surface area contributed by atoms with Gasteiger partial charge in [-0.05, 0) is 61.4 Å². The van der Waals surface area contributed by atoms with Crippen LogP contribution in [0.1, 0.15) is 35.4 Å². The van der Waals surface area contributed by atoms with E-state index in [1.54, 1.807) is 0 Å². The molecular formula is C23H28N4O3S. The Morgan fingerprint density at radius 2 is 1.55 bits per heavy atom. The van der Waals surface area contributed by atoms with Crippen molar-refractivity contribution in [2.75, 3.05) is 36.4 Å². The average Bonchev–Trinajstić information content (AvgIpc) is 3.34. The molecule has 4 rings (SSSR count). The molecule has 0 unspecified atom stereocenters. The third-order valence-electron chi connectivity index (χ3n) is 6.28. The van der Waals surface area contributed by atoms with Crippen molar-refractivity contribution in [1.82, 2.24) is 4.90 Å². The highest BCUT2D eigenvalue weighted by molar-refractivity contribution is 7.12. The lowest BCUT2D eigenvalue weighted by atomic mass is 9.95. The molecule has 3 N–H and O–H groups in total. The van der Waals surface area contributed by atoms with Gasteiger partial charge < -0.3 is 20.9 Å². The molecule has 2 fully saturated rings. The zero-order valence-corrected chi connectivity index (χ0v) is 18.3. The van der Waals surface area contributed by atoms with Gasteiger partial charge in [0, 0.05) is 49.4 Å². The minimum atomic E-state index is -0.209. The largest absolute Gasteiger partial charge is 0.371 e. The second kappa shape index (κ2) is 9.51. The van der Waals surface area contributed by atoms with Gasteiger partial charge in [0.05, 0.1) is 4.88 Å². The molecule has 0 bridgehead atoms. The van der Waals surface area contributed by atoms with E-state index in [0.29, 0.717) is 25.9 Å². The molecule has 164 valence electrons. The number of carbonyl (C=O) groups excluding carboxylic acids is 3. The van der Waals surface area contributed by atoms with E-state index in [0.717, 1.165) is 42.2 Å². The van der Waals surface area contributed by atoms with Crippen LogP contribution in [-0.4, -0.2) is 48.8 Å². The minimum Gasteiger partial charge on any atom is -0.371 e. The van der Waals surface area contributed by atoms with Crippen LogP contribution in [0.2, 0.25) is 0 Å². The average molecular weight is 441 g/mol. The summed E-state index contributed by atoms with van der Waals surface area (Å²) in [5, 5.41) is 4.92. The zero-order chi connectivity index (χ0) is 21.8. The lowest BCUT2D eigenvalue weighted by Crippen LogP contribution is -2.41. The fourth-order valence-corrected chi connectivity index (χ4v) is 5.01. The van der Waals surface area contributed by atoms with Gasteiger partial charge in [0.2, 0.25) is 11.8 Å². The highest BCUT2D eigenvalue weighted by Gasteiger charge is 2.28. The number of benzene rings is 1. The van der Waals surface area contributed by atoms with E-state index in [2.05, 4.69) is 10.2 Å². The summed E-state index contributed by atoms with van der Waals surface area (Å²) >= 11 is 1.45. The molecule has 0 aliphatic carbocycles. The molecule has 3 amide bonds. The first kappa shape index (κ1) is 21.4. The van der Waals surface area contributed by atoms with Crippen molar-refractivity contribution in [3.8, 4) is 0 Å². The van der Waals surface area contributed by atoms with Crippen molar-refractivity contribution in [3.63, 3.8) is 0 Å². The van der Waals surface area contributed by atoms with Crippen LogP contribution in [0.15, 0.2) is 41.8 Å². The summed E-state index contributed by atoms with van der Waals surface area (Å²) in [6, 6.07) is 11.6. The number of carbonyl (C=O) groups is 3. The van der Waals surface area contributed by atoms with Crippen molar-refractivity contribution in [3.05, 3.63) is 46.7 Å². The normalized spacial score (nSPS) is 18.1. The number of thiophene rings is 1. The second-order valence-corrected chi connectivity index (χ2v) is 9.19. The highest BCUT2D eigenvalue weighted by atomic mass is 32.1. The Morgan fingerprint density at radius 3 is 2.13 bits per heavy atom. The van der Waals surface area contributed by atoms with Gasteiger partial charge in [0.15, 0.2) is 0 Å². The Bertz CT molecular complexity index is 913. The number of hydrogen-bond acceptors (Lipinski definition) is 5. The highest BCUT2D eigenvalue weighted by Crippen LogP contribution is 2.26. The van der Waals surface area contributed by atoms with Gasteiger partial charge in [-0.3, -0.25) is 14.4 Å². The molecule has 7 nitrogen and oxygen atoms in total. The number of rotatable bonds is 5. The van der Waals surface area contributed by atoms with Gasteiger partial charge in [-0.25, -0.2) is 0 Å². The SMILES string of the molecule is NC(=O)C1CCN(c2ccc(NC(=O)C3CCN(C(=O)c4cccs4)CC3)cc2)CC1. The molecule has 2 aromatic rings. The van der Waals surface area contributed by atoms with Crippen LogP contribution in [0.25, 0.3) is 0 Å². The molecule has 0 atom stereocenters. The third-order valence-corrected chi connectivity index (χ3v) is 7.14. The van der Waals surface area contributed by atoms with Crippen molar-refractivity contribution in [2.45, 2.75) is 25.7 Å².